The molecule has 1 unspecified atom stereocenters. The maximum absolute atomic E-state index is 12.4. The summed E-state index contributed by atoms with van der Waals surface area (Å²) in [7, 11) is 0. The molecule has 1 atom stereocenters. The largest absolute Gasteiger partial charge is 0.384 e. The zero-order valence-electron chi connectivity index (χ0n) is 11.2. The molecule has 0 saturated carbocycles. The number of benzene rings is 2. The number of fused-ring (bicyclic) bond motifs is 1. The topological polar surface area (TPSA) is 41.1 Å². The van der Waals surface area contributed by atoms with Crippen molar-refractivity contribution in [1.29, 1.82) is 0 Å². The van der Waals surface area contributed by atoms with Gasteiger partial charge < -0.3 is 10.6 Å². The molecule has 0 radical (unpaired) electrons. The van der Waals surface area contributed by atoms with Crippen LogP contribution in [-0.4, -0.2) is 12.5 Å². The number of hydrogen-bond donors (Lipinski definition) is 2. The van der Waals surface area contributed by atoms with Crippen molar-refractivity contribution in [2.45, 2.75) is 6.42 Å². The summed E-state index contributed by atoms with van der Waals surface area (Å²) in [4.78, 5) is 12.4. The van der Waals surface area contributed by atoms with Crippen molar-refractivity contribution < 1.29 is 4.79 Å². The Balaban J connectivity index is 1.70. The van der Waals surface area contributed by atoms with E-state index in [1.54, 1.807) is 12.1 Å². The second kappa shape index (κ2) is 6.08. The summed E-state index contributed by atoms with van der Waals surface area (Å²) >= 11 is 9.31. The molecule has 5 heteroatoms. The second-order valence-corrected chi connectivity index (χ2v) is 6.32. The van der Waals surface area contributed by atoms with Gasteiger partial charge in [-0.15, -0.1) is 0 Å². The summed E-state index contributed by atoms with van der Waals surface area (Å²) in [5, 5.41) is 6.88. The number of nitrogens with one attached hydrogen (secondary N) is 2. The first-order valence-corrected chi connectivity index (χ1v) is 7.88. The van der Waals surface area contributed by atoms with E-state index in [9.17, 15) is 4.79 Å². The van der Waals surface area contributed by atoms with Gasteiger partial charge in [0.05, 0.1) is 10.9 Å². The maximum Gasteiger partial charge on any atom is 0.229 e. The fourth-order valence-electron chi connectivity index (χ4n) is 2.45. The van der Waals surface area contributed by atoms with Crippen LogP contribution in [0.3, 0.4) is 0 Å². The molecule has 2 aromatic carbocycles. The van der Waals surface area contributed by atoms with Gasteiger partial charge in [-0.3, -0.25) is 4.79 Å². The number of halogens is 2. The highest BCUT2D eigenvalue weighted by molar-refractivity contribution is 9.10. The van der Waals surface area contributed by atoms with E-state index in [0.717, 1.165) is 22.3 Å². The monoisotopic (exact) mass is 364 g/mol. The van der Waals surface area contributed by atoms with Gasteiger partial charge in [0.1, 0.15) is 0 Å². The average molecular weight is 366 g/mol. The molecule has 1 heterocycles. The summed E-state index contributed by atoms with van der Waals surface area (Å²) in [6.07, 6.45) is 0.754. The van der Waals surface area contributed by atoms with E-state index in [-0.39, 0.29) is 11.8 Å². The molecule has 21 heavy (non-hydrogen) atoms. The van der Waals surface area contributed by atoms with Gasteiger partial charge in [0.15, 0.2) is 0 Å². The minimum atomic E-state index is -0.0747. The van der Waals surface area contributed by atoms with Crippen LogP contribution < -0.4 is 10.6 Å². The average Bonchev–Trinajstić information content (AvgIpc) is 2.50. The van der Waals surface area contributed by atoms with E-state index < -0.39 is 0 Å². The smallest absolute Gasteiger partial charge is 0.229 e. The highest BCUT2D eigenvalue weighted by Crippen LogP contribution is 2.27. The van der Waals surface area contributed by atoms with E-state index >= 15 is 0 Å². The molecule has 0 aromatic heterocycles. The molecule has 0 aliphatic carbocycles. The number of para-hydroxylation sites is 1. The van der Waals surface area contributed by atoms with E-state index in [1.807, 2.05) is 24.3 Å². The highest BCUT2D eigenvalue weighted by atomic mass is 79.9. The number of hydrogen-bond acceptors (Lipinski definition) is 2. The van der Waals surface area contributed by atoms with E-state index in [4.69, 9.17) is 11.6 Å². The van der Waals surface area contributed by atoms with Crippen LogP contribution in [0.2, 0.25) is 5.02 Å². The molecular weight excluding hydrogens is 352 g/mol. The third kappa shape index (κ3) is 3.22. The predicted molar refractivity (Wildman–Crippen MR) is 89.9 cm³/mol. The van der Waals surface area contributed by atoms with Gasteiger partial charge in [-0.25, -0.2) is 0 Å². The molecule has 0 fully saturated rings. The molecule has 2 N–H and O–H groups in total. The maximum atomic E-state index is 12.4. The molecular formula is C16H14BrClN2O. The van der Waals surface area contributed by atoms with Gasteiger partial charge in [0.25, 0.3) is 0 Å². The molecule has 1 aliphatic heterocycles. The number of carbonyl (C=O) groups excluding carboxylic acids is 1. The molecule has 1 amide bonds. The lowest BCUT2D eigenvalue weighted by Gasteiger charge is -2.25. The zero-order chi connectivity index (χ0) is 14.8. The Morgan fingerprint density at radius 3 is 2.90 bits per heavy atom. The summed E-state index contributed by atoms with van der Waals surface area (Å²) < 4.78 is 0.772. The Morgan fingerprint density at radius 2 is 2.10 bits per heavy atom. The van der Waals surface area contributed by atoms with Crippen molar-refractivity contribution >= 4 is 44.8 Å². The van der Waals surface area contributed by atoms with Gasteiger partial charge in [0, 0.05) is 22.4 Å². The number of anilines is 2. The fraction of sp³-hybridized carbons (Fsp3) is 0.188. The van der Waals surface area contributed by atoms with Crippen LogP contribution in [0.1, 0.15) is 5.56 Å². The Morgan fingerprint density at radius 1 is 1.29 bits per heavy atom. The van der Waals surface area contributed by atoms with E-state index in [2.05, 4.69) is 32.6 Å². The summed E-state index contributed by atoms with van der Waals surface area (Å²) in [6.45, 7) is 0.650. The van der Waals surface area contributed by atoms with Crippen molar-refractivity contribution in [3.8, 4) is 0 Å². The minimum Gasteiger partial charge on any atom is -0.384 e. The lowest BCUT2D eigenvalue weighted by molar-refractivity contribution is -0.119. The number of carbonyl (C=O) groups is 1. The highest BCUT2D eigenvalue weighted by Gasteiger charge is 2.24. The molecule has 3 rings (SSSR count). The Hall–Kier alpha value is -1.52. The SMILES string of the molecule is O=C(Nc1ccc(Cl)c(Br)c1)C1CNc2ccccc2C1. The summed E-state index contributed by atoms with van der Waals surface area (Å²) in [6, 6.07) is 13.5. The molecule has 2 aromatic rings. The normalized spacial score (nSPS) is 16.8. The molecule has 0 saturated heterocycles. The number of amides is 1. The summed E-state index contributed by atoms with van der Waals surface area (Å²) in [5.74, 6) is -0.0550. The van der Waals surface area contributed by atoms with E-state index in [0.29, 0.717) is 11.6 Å². The van der Waals surface area contributed by atoms with Crippen molar-refractivity contribution in [3.05, 3.63) is 57.5 Å². The van der Waals surface area contributed by atoms with Crippen molar-refractivity contribution in [1.82, 2.24) is 0 Å². The Labute approximate surface area is 136 Å². The molecule has 0 spiro atoms. The van der Waals surface area contributed by atoms with Crippen molar-refractivity contribution in [2.24, 2.45) is 5.92 Å². The van der Waals surface area contributed by atoms with E-state index in [1.165, 1.54) is 5.56 Å². The van der Waals surface area contributed by atoms with Crippen LogP contribution in [0, 0.1) is 5.92 Å². The van der Waals surface area contributed by atoms with Gasteiger partial charge in [-0.2, -0.15) is 0 Å². The van der Waals surface area contributed by atoms with Gasteiger partial charge in [-0.1, -0.05) is 29.8 Å². The first-order valence-electron chi connectivity index (χ1n) is 6.71. The first-order chi connectivity index (χ1) is 10.1. The second-order valence-electron chi connectivity index (χ2n) is 5.06. The summed E-state index contributed by atoms with van der Waals surface area (Å²) in [5.41, 5.74) is 3.05. The number of rotatable bonds is 2. The minimum absolute atomic E-state index is 0.0197. The predicted octanol–water partition coefficient (Wildman–Crippen LogP) is 4.33. The van der Waals surface area contributed by atoms with Crippen LogP contribution in [0.4, 0.5) is 11.4 Å². The van der Waals surface area contributed by atoms with Crippen LogP contribution >= 0.6 is 27.5 Å². The third-order valence-corrected chi connectivity index (χ3v) is 4.79. The van der Waals surface area contributed by atoms with Gasteiger partial charge >= 0.3 is 0 Å². The lowest BCUT2D eigenvalue weighted by atomic mass is 9.93. The van der Waals surface area contributed by atoms with Crippen LogP contribution in [0.15, 0.2) is 46.9 Å². The lowest BCUT2D eigenvalue weighted by Crippen LogP contribution is -2.33. The van der Waals surface area contributed by atoms with Crippen LogP contribution in [-0.2, 0) is 11.2 Å². The third-order valence-electron chi connectivity index (χ3n) is 3.58. The van der Waals surface area contributed by atoms with Crippen LogP contribution in [0.25, 0.3) is 0 Å². The Kier molecular flexibility index (Phi) is 4.17. The van der Waals surface area contributed by atoms with Gasteiger partial charge in [0.2, 0.25) is 5.91 Å². The molecule has 1 aliphatic rings. The zero-order valence-corrected chi connectivity index (χ0v) is 13.5. The molecule has 0 bridgehead atoms. The standard InChI is InChI=1S/C16H14BrClN2O/c17-13-8-12(5-6-14(13)18)20-16(21)11-7-10-3-1-2-4-15(10)19-9-11/h1-6,8,11,19H,7,9H2,(H,20,21). The van der Waals surface area contributed by atoms with Crippen molar-refractivity contribution in [3.63, 3.8) is 0 Å². The van der Waals surface area contributed by atoms with Crippen molar-refractivity contribution in [2.75, 3.05) is 17.2 Å². The molecule has 3 nitrogen and oxygen atoms in total. The first kappa shape index (κ1) is 14.4. The Bertz CT molecular complexity index is 690. The van der Waals surface area contributed by atoms with Crippen LogP contribution in [0.5, 0.6) is 0 Å². The quantitative estimate of drug-likeness (QED) is 0.832. The fourth-order valence-corrected chi connectivity index (χ4v) is 2.94. The van der Waals surface area contributed by atoms with Gasteiger partial charge in [-0.05, 0) is 52.2 Å². The molecule has 108 valence electrons.